The Bertz CT molecular complexity index is 1210. The lowest BCUT2D eigenvalue weighted by molar-refractivity contribution is -0.119. The van der Waals surface area contributed by atoms with Crippen molar-refractivity contribution in [3.8, 4) is 0 Å². The molecule has 9 heteroatoms. The van der Waals surface area contributed by atoms with Crippen LogP contribution in [-0.4, -0.2) is 22.8 Å². The van der Waals surface area contributed by atoms with Crippen molar-refractivity contribution in [1.82, 2.24) is 16.2 Å². The maximum Gasteiger partial charge on any atom is 0.269 e. The van der Waals surface area contributed by atoms with Crippen molar-refractivity contribution in [2.75, 3.05) is 5.32 Å². The van der Waals surface area contributed by atoms with Gasteiger partial charge in [-0.2, -0.15) is 0 Å². The fraction of sp³-hybridized carbons (Fsp3) is 0.120. The molecule has 0 aliphatic carbocycles. The van der Waals surface area contributed by atoms with Crippen molar-refractivity contribution in [3.05, 3.63) is 100 Å². The zero-order chi connectivity index (χ0) is 24.5. The zero-order valence-corrected chi connectivity index (χ0v) is 19.9. The smallest absolute Gasteiger partial charge is 0.269 e. The first kappa shape index (κ1) is 24.9. The summed E-state index contributed by atoms with van der Waals surface area (Å²) in [5, 5.41) is 5.86. The Kier molecular flexibility index (Phi) is 8.73. The van der Waals surface area contributed by atoms with E-state index in [0.717, 1.165) is 11.1 Å². The molecular weight excluding hydrogens is 472 g/mol. The van der Waals surface area contributed by atoms with Crippen molar-refractivity contribution < 1.29 is 14.4 Å². The van der Waals surface area contributed by atoms with Gasteiger partial charge in [-0.1, -0.05) is 47.5 Å². The lowest BCUT2D eigenvalue weighted by Gasteiger charge is -2.11. The molecule has 3 rings (SSSR count). The van der Waals surface area contributed by atoms with Crippen LogP contribution in [0.2, 0.25) is 5.02 Å². The van der Waals surface area contributed by atoms with Crippen LogP contribution in [0.4, 0.5) is 5.69 Å². The number of nitrogens with one attached hydrogen (secondary N) is 4. The van der Waals surface area contributed by atoms with Crippen LogP contribution < -0.4 is 21.5 Å². The minimum absolute atomic E-state index is 0.0282. The molecule has 3 aromatic rings. The second kappa shape index (κ2) is 11.9. The number of thiocarbonyl (C=S) groups is 1. The first-order chi connectivity index (χ1) is 16.3. The van der Waals surface area contributed by atoms with E-state index in [1.54, 1.807) is 42.5 Å². The van der Waals surface area contributed by atoms with Crippen LogP contribution >= 0.6 is 23.8 Å². The summed E-state index contributed by atoms with van der Waals surface area (Å²) in [6.07, 6.45) is 0.655. The highest BCUT2D eigenvalue weighted by Crippen LogP contribution is 2.16. The Labute approximate surface area is 207 Å². The first-order valence-electron chi connectivity index (χ1n) is 10.4. The Morgan fingerprint density at radius 2 is 1.59 bits per heavy atom. The minimum atomic E-state index is -0.454. The maximum atomic E-state index is 12.3. The van der Waals surface area contributed by atoms with Gasteiger partial charge in [-0.3, -0.25) is 25.2 Å². The molecule has 0 unspecified atom stereocenters. The quantitative estimate of drug-likeness (QED) is 0.304. The number of anilines is 1. The number of benzene rings is 3. The molecule has 0 saturated carbocycles. The molecule has 7 nitrogen and oxygen atoms in total. The molecule has 0 saturated heterocycles. The molecule has 0 fully saturated rings. The monoisotopic (exact) mass is 494 g/mol. The average Bonchev–Trinajstić information content (AvgIpc) is 2.82. The third-order valence-corrected chi connectivity index (χ3v) is 5.38. The summed E-state index contributed by atoms with van der Waals surface area (Å²) in [5.74, 6) is -0.997. The number of hydrogen-bond acceptors (Lipinski definition) is 4. The normalized spacial score (nSPS) is 10.2. The van der Waals surface area contributed by atoms with Gasteiger partial charge in [-0.05, 0) is 73.6 Å². The summed E-state index contributed by atoms with van der Waals surface area (Å²) in [6, 6.07) is 20.9. The highest BCUT2D eigenvalue weighted by molar-refractivity contribution is 7.80. The molecule has 3 aromatic carbocycles. The third-order valence-electron chi connectivity index (χ3n) is 4.81. The summed E-state index contributed by atoms with van der Waals surface area (Å²) >= 11 is 11.1. The van der Waals surface area contributed by atoms with E-state index < -0.39 is 5.91 Å². The van der Waals surface area contributed by atoms with Gasteiger partial charge in [0.2, 0.25) is 5.91 Å². The van der Waals surface area contributed by atoms with Crippen LogP contribution in [0.25, 0.3) is 0 Å². The Balaban J connectivity index is 1.43. The Morgan fingerprint density at radius 1 is 0.853 bits per heavy atom. The largest absolute Gasteiger partial charge is 0.322 e. The topological polar surface area (TPSA) is 99.3 Å². The fourth-order valence-electron chi connectivity index (χ4n) is 3.05. The van der Waals surface area contributed by atoms with E-state index in [2.05, 4.69) is 21.5 Å². The summed E-state index contributed by atoms with van der Waals surface area (Å²) in [6.45, 7) is 1.91. The highest BCUT2D eigenvalue weighted by atomic mass is 35.5. The summed E-state index contributed by atoms with van der Waals surface area (Å²) < 4.78 is 0. The number of rotatable bonds is 6. The molecule has 174 valence electrons. The van der Waals surface area contributed by atoms with Gasteiger partial charge in [0.1, 0.15) is 0 Å². The van der Waals surface area contributed by atoms with Crippen LogP contribution in [0.1, 0.15) is 38.3 Å². The number of carbonyl (C=O) groups is 3. The van der Waals surface area contributed by atoms with Gasteiger partial charge >= 0.3 is 0 Å². The fourth-order valence-corrected chi connectivity index (χ4v) is 3.45. The molecule has 0 spiro atoms. The van der Waals surface area contributed by atoms with Crippen LogP contribution in [0.15, 0.2) is 72.8 Å². The Morgan fingerprint density at radius 3 is 2.29 bits per heavy atom. The zero-order valence-electron chi connectivity index (χ0n) is 18.4. The van der Waals surface area contributed by atoms with Gasteiger partial charge in [-0.25, -0.2) is 0 Å². The minimum Gasteiger partial charge on any atom is -0.322 e. The number of hydrogen-bond donors (Lipinski definition) is 4. The van der Waals surface area contributed by atoms with Gasteiger partial charge in [0.05, 0.1) is 0 Å². The standard InChI is InChI=1S/C25H23ClN4O3S/c1-16-5-4-7-19(15-16)23(32)27-20-12-9-18(10-13-20)24(33)29-30-25(34)28-22(31)14-11-17-6-2-3-8-21(17)26/h2-10,12-13,15H,11,14H2,1H3,(H,27,32)(H,29,33)(H2,28,30,31,34). The molecule has 4 N–H and O–H groups in total. The molecule has 0 radical (unpaired) electrons. The Hall–Kier alpha value is -3.75. The molecule has 3 amide bonds. The second-order valence-electron chi connectivity index (χ2n) is 7.45. The van der Waals surface area contributed by atoms with Crippen LogP contribution in [0.5, 0.6) is 0 Å². The number of hydrazine groups is 1. The highest BCUT2D eigenvalue weighted by Gasteiger charge is 2.10. The number of aryl methyl sites for hydroxylation is 2. The SMILES string of the molecule is Cc1cccc(C(=O)Nc2ccc(C(=O)NNC(=S)NC(=O)CCc3ccccc3Cl)cc2)c1. The second-order valence-corrected chi connectivity index (χ2v) is 8.26. The van der Waals surface area contributed by atoms with Gasteiger partial charge in [0.25, 0.3) is 11.8 Å². The van der Waals surface area contributed by atoms with Crippen molar-refractivity contribution in [1.29, 1.82) is 0 Å². The molecule has 0 bridgehead atoms. The van der Waals surface area contributed by atoms with Gasteiger partial charge in [0.15, 0.2) is 5.11 Å². The van der Waals surface area contributed by atoms with Crippen molar-refractivity contribution in [2.24, 2.45) is 0 Å². The third kappa shape index (κ3) is 7.40. The molecule has 0 aliphatic rings. The van der Waals surface area contributed by atoms with E-state index >= 15 is 0 Å². The first-order valence-corrected chi connectivity index (χ1v) is 11.2. The number of halogens is 1. The van der Waals surface area contributed by atoms with Crippen LogP contribution in [-0.2, 0) is 11.2 Å². The van der Waals surface area contributed by atoms with Crippen LogP contribution in [0.3, 0.4) is 0 Å². The van der Waals surface area contributed by atoms with E-state index in [-0.39, 0.29) is 23.3 Å². The summed E-state index contributed by atoms with van der Waals surface area (Å²) in [4.78, 5) is 36.7. The molecule has 0 aliphatic heterocycles. The number of amides is 3. The maximum absolute atomic E-state index is 12.3. The molecule has 0 heterocycles. The summed E-state index contributed by atoms with van der Waals surface area (Å²) in [5.41, 5.74) is 8.22. The van der Waals surface area contributed by atoms with Crippen molar-refractivity contribution in [3.63, 3.8) is 0 Å². The molecule has 0 atom stereocenters. The lowest BCUT2D eigenvalue weighted by atomic mass is 10.1. The summed E-state index contributed by atoms with van der Waals surface area (Å²) in [7, 11) is 0. The molecule has 0 aromatic heterocycles. The van der Waals surface area contributed by atoms with Gasteiger partial charge in [0, 0.05) is 28.3 Å². The predicted molar refractivity (Wildman–Crippen MR) is 137 cm³/mol. The average molecular weight is 495 g/mol. The van der Waals surface area contributed by atoms with Crippen molar-refractivity contribution >= 4 is 52.3 Å². The van der Waals surface area contributed by atoms with E-state index in [4.69, 9.17) is 23.8 Å². The molecule has 34 heavy (non-hydrogen) atoms. The van der Waals surface area contributed by atoms with Gasteiger partial charge < -0.3 is 10.6 Å². The van der Waals surface area contributed by atoms with Gasteiger partial charge in [-0.15, -0.1) is 0 Å². The van der Waals surface area contributed by atoms with E-state index in [1.807, 2.05) is 37.3 Å². The molecular formula is C25H23ClN4O3S. The van der Waals surface area contributed by atoms with Crippen LogP contribution in [0, 0.1) is 6.92 Å². The van der Waals surface area contributed by atoms with E-state index in [0.29, 0.717) is 28.3 Å². The predicted octanol–water partition coefficient (Wildman–Crippen LogP) is 4.17. The van der Waals surface area contributed by atoms with E-state index in [1.165, 1.54) is 0 Å². The van der Waals surface area contributed by atoms with E-state index in [9.17, 15) is 14.4 Å². The van der Waals surface area contributed by atoms with Crippen molar-refractivity contribution in [2.45, 2.75) is 19.8 Å². The lowest BCUT2D eigenvalue weighted by Crippen LogP contribution is -2.48. The number of carbonyl (C=O) groups excluding carboxylic acids is 3.